The quantitative estimate of drug-likeness (QED) is 0.908. The first-order valence-corrected chi connectivity index (χ1v) is 7.51. The summed E-state index contributed by atoms with van der Waals surface area (Å²) in [6.07, 6.45) is 7.66. The normalized spacial score (nSPS) is 30.6. The van der Waals surface area contributed by atoms with E-state index >= 15 is 0 Å². The molecule has 0 spiro atoms. The standard InChI is InChI=1S/C15H25N3O/c1-12(13-3-7-19-8-4-13)18-11-17-9-14(18)15(2)5-6-16-10-15/h9,11-13,16H,3-8,10H2,1-2H3. The topological polar surface area (TPSA) is 39.1 Å². The number of aromatic nitrogens is 2. The molecule has 4 heteroatoms. The Balaban J connectivity index is 1.82. The van der Waals surface area contributed by atoms with Gasteiger partial charge in [-0.15, -0.1) is 0 Å². The minimum Gasteiger partial charge on any atom is -0.381 e. The summed E-state index contributed by atoms with van der Waals surface area (Å²) in [7, 11) is 0. The van der Waals surface area contributed by atoms with E-state index in [2.05, 4.69) is 34.9 Å². The Kier molecular flexibility index (Phi) is 3.63. The van der Waals surface area contributed by atoms with Gasteiger partial charge in [0.25, 0.3) is 0 Å². The number of nitrogens with one attached hydrogen (secondary N) is 1. The van der Waals surface area contributed by atoms with Gasteiger partial charge in [-0.25, -0.2) is 4.98 Å². The van der Waals surface area contributed by atoms with Crippen molar-refractivity contribution >= 4 is 0 Å². The number of nitrogens with zero attached hydrogens (tertiary/aromatic N) is 2. The number of imidazole rings is 1. The van der Waals surface area contributed by atoms with E-state index in [1.165, 1.54) is 25.0 Å². The molecule has 4 nitrogen and oxygen atoms in total. The maximum absolute atomic E-state index is 5.48. The third-order valence-electron chi connectivity index (χ3n) is 5.04. The molecule has 2 aliphatic rings. The van der Waals surface area contributed by atoms with Crippen LogP contribution < -0.4 is 5.32 Å². The lowest BCUT2D eigenvalue weighted by atomic mass is 9.85. The average molecular weight is 263 g/mol. The van der Waals surface area contributed by atoms with Gasteiger partial charge in [-0.1, -0.05) is 6.92 Å². The highest BCUT2D eigenvalue weighted by Crippen LogP contribution is 2.35. The van der Waals surface area contributed by atoms with Crippen molar-refractivity contribution in [2.24, 2.45) is 5.92 Å². The molecular formula is C15H25N3O. The summed E-state index contributed by atoms with van der Waals surface area (Å²) in [6.45, 7) is 8.71. The molecule has 0 amide bonds. The molecule has 2 unspecified atom stereocenters. The van der Waals surface area contributed by atoms with Gasteiger partial charge in [0.15, 0.2) is 0 Å². The fraction of sp³-hybridized carbons (Fsp3) is 0.800. The predicted molar refractivity (Wildman–Crippen MR) is 75.3 cm³/mol. The van der Waals surface area contributed by atoms with Crippen molar-refractivity contribution in [1.82, 2.24) is 14.9 Å². The van der Waals surface area contributed by atoms with Crippen molar-refractivity contribution in [3.63, 3.8) is 0 Å². The molecule has 2 saturated heterocycles. The molecule has 1 N–H and O–H groups in total. The largest absolute Gasteiger partial charge is 0.381 e. The van der Waals surface area contributed by atoms with Gasteiger partial charge in [0.2, 0.25) is 0 Å². The van der Waals surface area contributed by atoms with Gasteiger partial charge in [-0.2, -0.15) is 0 Å². The fourth-order valence-electron chi connectivity index (χ4n) is 3.56. The Labute approximate surface area is 115 Å². The highest BCUT2D eigenvalue weighted by Gasteiger charge is 2.35. The zero-order valence-electron chi connectivity index (χ0n) is 12.1. The van der Waals surface area contributed by atoms with E-state index < -0.39 is 0 Å². The highest BCUT2D eigenvalue weighted by molar-refractivity contribution is 5.18. The van der Waals surface area contributed by atoms with Crippen LogP contribution in [0.1, 0.15) is 44.8 Å². The van der Waals surface area contributed by atoms with Crippen LogP contribution in [0.15, 0.2) is 12.5 Å². The minimum absolute atomic E-state index is 0.246. The second-order valence-corrected chi connectivity index (χ2v) is 6.36. The molecule has 1 aromatic rings. The van der Waals surface area contributed by atoms with Gasteiger partial charge >= 0.3 is 0 Å². The zero-order chi connectivity index (χ0) is 13.3. The van der Waals surface area contributed by atoms with Crippen molar-refractivity contribution in [3.05, 3.63) is 18.2 Å². The van der Waals surface area contributed by atoms with Crippen molar-refractivity contribution < 1.29 is 4.74 Å². The van der Waals surface area contributed by atoms with Crippen LogP contribution in [0, 0.1) is 5.92 Å². The summed E-state index contributed by atoms with van der Waals surface area (Å²) in [4.78, 5) is 4.43. The summed E-state index contributed by atoms with van der Waals surface area (Å²) in [5.41, 5.74) is 1.65. The lowest BCUT2D eigenvalue weighted by Crippen LogP contribution is -2.31. The number of hydrogen-bond donors (Lipinski definition) is 1. The molecule has 3 rings (SSSR count). The van der Waals surface area contributed by atoms with Gasteiger partial charge in [-0.3, -0.25) is 0 Å². The maximum atomic E-state index is 5.48. The van der Waals surface area contributed by atoms with Gasteiger partial charge in [0.05, 0.1) is 6.33 Å². The Bertz CT molecular complexity index is 417. The van der Waals surface area contributed by atoms with E-state index in [0.717, 1.165) is 32.2 Å². The fourth-order valence-corrected chi connectivity index (χ4v) is 3.56. The molecule has 0 bridgehead atoms. The Morgan fingerprint density at radius 3 is 2.95 bits per heavy atom. The van der Waals surface area contributed by atoms with E-state index in [1.807, 2.05) is 6.33 Å². The molecule has 106 valence electrons. The first-order valence-electron chi connectivity index (χ1n) is 7.51. The van der Waals surface area contributed by atoms with Gasteiger partial charge in [-0.05, 0) is 38.6 Å². The lowest BCUT2D eigenvalue weighted by Gasteiger charge is -2.33. The second kappa shape index (κ2) is 5.25. The summed E-state index contributed by atoms with van der Waals surface area (Å²) in [5.74, 6) is 0.722. The number of rotatable bonds is 3. The number of hydrogen-bond acceptors (Lipinski definition) is 3. The number of ether oxygens (including phenoxy) is 1. The molecule has 0 radical (unpaired) electrons. The van der Waals surface area contributed by atoms with Crippen molar-refractivity contribution in [2.75, 3.05) is 26.3 Å². The van der Waals surface area contributed by atoms with Crippen LogP contribution in [0.2, 0.25) is 0 Å². The van der Waals surface area contributed by atoms with E-state index in [-0.39, 0.29) is 5.41 Å². The van der Waals surface area contributed by atoms with Crippen LogP contribution in [0.25, 0.3) is 0 Å². The lowest BCUT2D eigenvalue weighted by molar-refractivity contribution is 0.0506. The van der Waals surface area contributed by atoms with Crippen LogP contribution >= 0.6 is 0 Å². The molecule has 3 heterocycles. The third-order valence-corrected chi connectivity index (χ3v) is 5.04. The second-order valence-electron chi connectivity index (χ2n) is 6.36. The predicted octanol–water partition coefficient (Wildman–Crippen LogP) is 2.12. The SMILES string of the molecule is CC(C1CCOCC1)n1cncc1C1(C)CCNC1. The summed E-state index contributed by atoms with van der Waals surface area (Å²) in [6, 6.07) is 0.527. The molecule has 1 aromatic heterocycles. The average Bonchev–Trinajstić information content (AvgIpc) is 3.08. The van der Waals surface area contributed by atoms with E-state index in [0.29, 0.717) is 6.04 Å². The van der Waals surface area contributed by atoms with Crippen molar-refractivity contribution in [1.29, 1.82) is 0 Å². The third kappa shape index (κ3) is 2.43. The van der Waals surface area contributed by atoms with Crippen molar-refractivity contribution in [3.8, 4) is 0 Å². The Morgan fingerprint density at radius 1 is 1.47 bits per heavy atom. The van der Waals surface area contributed by atoms with E-state index in [9.17, 15) is 0 Å². The van der Waals surface area contributed by atoms with Crippen LogP contribution in [0.4, 0.5) is 0 Å². The molecular weight excluding hydrogens is 238 g/mol. The van der Waals surface area contributed by atoms with E-state index in [4.69, 9.17) is 4.74 Å². The smallest absolute Gasteiger partial charge is 0.0950 e. The Hall–Kier alpha value is -0.870. The van der Waals surface area contributed by atoms with Gasteiger partial charge in [0, 0.05) is 43.1 Å². The van der Waals surface area contributed by atoms with Crippen LogP contribution in [0.3, 0.4) is 0 Å². The molecule has 2 aliphatic heterocycles. The molecule has 19 heavy (non-hydrogen) atoms. The summed E-state index contributed by atoms with van der Waals surface area (Å²) >= 11 is 0. The highest BCUT2D eigenvalue weighted by atomic mass is 16.5. The van der Waals surface area contributed by atoms with Gasteiger partial charge in [0.1, 0.15) is 0 Å². The monoisotopic (exact) mass is 263 g/mol. The molecule has 2 atom stereocenters. The van der Waals surface area contributed by atoms with E-state index in [1.54, 1.807) is 0 Å². The van der Waals surface area contributed by atoms with Crippen molar-refractivity contribution in [2.45, 2.75) is 44.6 Å². The molecule has 0 aliphatic carbocycles. The summed E-state index contributed by atoms with van der Waals surface area (Å²) < 4.78 is 7.90. The van der Waals surface area contributed by atoms with Gasteiger partial charge < -0.3 is 14.6 Å². The summed E-state index contributed by atoms with van der Waals surface area (Å²) in [5, 5.41) is 3.49. The maximum Gasteiger partial charge on any atom is 0.0950 e. The van der Waals surface area contributed by atoms with Crippen LogP contribution in [-0.2, 0) is 10.2 Å². The first kappa shape index (κ1) is 13.1. The molecule has 2 fully saturated rings. The molecule has 0 aromatic carbocycles. The molecule has 0 saturated carbocycles. The Morgan fingerprint density at radius 2 is 2.26 bits per heavy atom. The minimum atomic E-state index is 0.246. The van der Waals surface area contributed by atoms with Crippen LogP contribution in [-0.4, -0.2) is 35.9 Å². The zero-order valence-corrected chi connectivity index (χ0v) is 12.1. The first-order chi connectivity index (χ1) is 9.21. The van der Waals surface area contributed by atoms with Crippen LogP contribution in [0.5, 0.6) is 0 Å².